The van der Waals surface area contributed by atoms with Crippen LogP contribution in [0.5, 0.6) is 11.5 Å². The second-order valence-electron chi connectivity index (χ2n) is 11.2. The van der Waals surface area contributed by atoms with Gasteiger partial charge in [-0.25, -0.2) is 4.68 Å². The SMILES string of the molecule is CCCCCOc1c(Br)cc(C2C(C(=O)Nc3ccc(C)cc3C)=C(C)Nc3nc(SCc4ccccc4Cl)nn32)cc1OCC. The normalized spacial score (nSPS) is 14.1. The Kier molecular flexibility index (Phi) is 11.4. The van der Waals surface area contributed by atoms with E-state index in [4.69, 9.17) is 31.2 Å². The molecular weight excluding hydrogens is 686 g/mol. The number of benzene rings is 3. The van der Waals surface area contributed by atoms with Crippen molar-refractivity contribution < 1.29 is 14.3 Å². The number of aryl methyl sites for hydroxylation is 2. The maximum absolute atomic E-state index is 14.2. The molecule has 8 nitrogen and oxygen atoms in total. The van der Waals surface area contributed by atoms with Crippen molar-refractivity contribution in [2.24, 2.45) is 0 Å². The molecule has 2 N–H and O–H groups in total. The quantitative estimate of drug-likeness (QED) is 0.105. The van der Waals surface area contributed by atoms with Crippen molar-refractivity contribution in [2.45, 2.75) is 70.8 Å². The molecule has 4 aromatic rings. The van der Waals surface area contributed by atoms with Crippen LogP contribution in [0.25, 0.3) is 0 Å². The first-order chi connectivity index (χ1) is 22.2. The number of nitrogens with zero attached hydrogens (tertiary/aromatic N) is 3. The summed E-state index contributed by atoms with van der Waals surface area (Å²) in [4.78, 5) is 19.0. The van der Waals surface area contributed by atoms with Gasteiger partial charge in [-0.3, -0.25) is 4.79 Å². The number of nitrogens with one attached hydrogen (secondary N) is 2. The number of aromatic nitrogens is 3. The lowest BCUT2D eigenvalue weighted by Gasteiger charge is -2.29. The number of fused-ring (bicyclic) bond motifs is 1. The van der Waals surface area contributed by atoms with E-state index in [0.29, 0.717) is 57.9 Å². The molecule has 46 heavy (non-hydrogen) atoms. The molecule has 3 aromatic carbocycles. The second kappa shape index (κ2) is 15.4. The number of rotatable bonds is 13. The summed E-state index contributed by atoms with van der Waals surface area (Å²) >= 11 is 11.7. The van der Waals surface area contributed by atoms with Crippen molar-refractivity contribution in [3.8, 4) is 11.5 Å². The van der Waals surface area contributed by atoms with E-state index in [1.807, 2.05) is 76.2 Å². The molecule has 242 valence electrons. The number of unbranched alkanes of at least 4 members (excludes halogenated alkanes) is 2. The van der Waals surface area contributed by atoms with E-state index < -0.39 is 6.04 Å². The fourth-order valence-corrected chi connectivity index (χ4v) is 7.06. The van der Waals surface area contributed by atoms with Crippen LogP contribution >= 0.6 is 39.3 Å². The van der Waals surface area contributed by atoms with E-state index in [-0.39, 0.29) is 5.91 Å². The summed E-state index contributed by atoms with van der Waals surface area (Å²) in [7, 11) is 0. The first kappa shape index (κ1) is 33.9. The molecule has 5 rings (SSSR count). The minimum absolute atomic E-state index is 0.234. The Morgan fingerprint density at radius 1 is 1.09 bits per heavy atom. The highest BCUT2D eigenvalue weighted by Crippen LogP contribution is 2.44. The van der Waals surface area contributed by atoms with Gasteiger partial charge in [0.25, 0.3) is 5.91 Å². The van der Waals surface area contributed by atoms with E-state index in [0.717, 1.165) is 51.7 Å². The number of anilines is 2. The summed E-state index contributed by atoms with van der Waals surface area (Å²) in [6.07, 6.45) is 3.14. The van der Waals surface area contributed by atoms with E-state index in [1.165, 1.54) is 11.8 Å². The van der Waals surface area contributed by atoms with Gasteiger partial charge in [0.15, 0.2) is 11.5 Å². The number of thioether (sulfide) groups is 1. The van der Waals surface area contributed by atoms with Crippen molar-refractivity contribution in [3.05, 3.63) is 97.6 Å². The van der Waals surface area contributed by atoms with Gasteiger partial charge in [0.05, 0.1) is 23.3 Å². The first-order valence-corrected chi connectivity index (χ1v) is 17.6. The van der Waals surface area contributed by atoms with E-state index in [2.05, 4.69) is 39.6 Å². The summed E-state index contributed by atoms with van der Waals surface area (Å²) < 4.78 is 14.8. The monoisotopic (exact) mass is 723 g/mol. The molecule has 1 aliphatic rings. The fraction of sp³-hybridized carbons (Fsp3) is 0.343. The standard InChI is InChI=1S/C35H39BrClN5O3S/c1-6-8-11-16-45-32-26(36)18-25(19-29(32)44-7-2)31-30(33(43)39-28-15-14-21(3)17-22(28)4)23(5)38-34-40-35(41-42(31)34)46-20-24-12-9-10-13-27(24)37/h9-10,12-15,17-19,31H,6-8,11,16,20H2,1-5H3,(H,39,43)(H,38,40,41). The Labute approximate surface area is 288 Å². The summed E-state index contributed by atoms with van der Waals surface area (Å²) in [6.45, 7) is 11.1. The highest BCUT2D eigenvalue weighted by atomic mass is 79.9. The molecule has 0 radical (unpaired) electrons. The maximum atomic E-state index is 14.2. The van der Waals surface area contributed by atoms with Gasteiger partial charge in [-0.05, 0) is 91.0 Å². The molecule has 11 heteroatoms. The molecule has 0 saturated heterocycles. The summed E-state index contributed by atoms with van der Waals surface area (Å²) in [5.41, 5.74) is 5.86. The van der Waals surface area contributed by atoms with Gasteiger partial charge in [-0.2, -0.15) is 4.98 Å². The first-order valence-electron chi connectivity index (χ1n) is 15.5. The largest absolute Gasteiger partial charge is 0.490 e. The van der Waals surface area contributed by atoms with Gasteiger partial charge < -0.3 is 20.1 Å². The Balaban J connectivity index is 1.55. The molecular formula is C35H39BrClN5O3S. The molecule has 1 amide bonds. The van der Waals surface area contributed by atoms with Crippen molar-refractivity contribution in [2.75, 3.05) is 23.8 Å². The molecule has 2 heterocycles. The smallest absolute Gasteiger partial charge is 0.255 e. The average molecular weight is 725 g/mol. The molecule has 1 atom stereocenters. The van der Waals surface area contributed by atoms with Crippen LogP contribution < -0.4 is 20.1 Å². The highest BCUT2D eigenvalue weighted by Gasteiger charge is 2.35. The third-order valence-electron chi connectivity index (χ3n) is 7.66. The molecule has 1 aliphatic heterocycles. The van der Waals surface area contributed by atoms with Crippen molar-refractivity contribution in [1.82, 2.24) is 14.8 Å². The number of amides is 1. The van der Waals surface area contributed by atoms with Crippen LogP contribution in [0.4, 0.5) is 11.6 Å². The molecule has 1 unspecified atom stereocenters. The van der Waals surface area contributed by atoms with Gasteiger partial charge in [0.1, 0.15) is 6.04 Å². The zero-order valence-corrected chi connectivity index (χ0v) is 29.9. The maximum Gasteiger partial charge on any atom is 0.255 e. The third-order valence-corrected chi connectivity index (χ3v) is 9.51. The van der Waals surface area contributed by atoms with Gasteiger partial charge in [0.2, 0.25) is 11.1 Å². The van der Waals surface area contributed by atoms with Crippen LogP contribution in [0.3, 0.4) is 0 Å². The topological polar surface area (TPSA) is 90.3 Å². The highest BCUT2D eigenvalue weighted by molar-refractivity contribution is 9.10. The van der Waals surface area contributed by atoms with Crippen LogP contribution in [0, 0.1) is 13.8 Å². The number of carbonyl (C=O) groups is 1. The van der Waals surface area contributed by atoms with Gasteiger partial charge in [-0.15, -0.1) is 5.10 Å². The predicted octanol–water partition coefficient (Wildman–Crippen LogP) is 9.50. The zero-order chi connectivity index (χ0) is 32.8. The summed E-state index contributed by atoms with van der Waals surface area (Å²) in [5.74, 6) is 2.16. The van der Waals surface area contributed by atoms with Crippen LogP contribution in [-0.4, -0.2) is 33.9 Å². The summed E-state index contributed by atoms with van der Waals surface area (Å²) in [6, 6.07) is 17.0. The van der Waals surface area contributed by atoms with E-state index >= 15 is 0 Å². The predicted molar refractivity (Wildman–Crippen MR) is 190 cm³/mol. The number of hydrogen-bond donors (Lipinski definition) is 2. The van der Waals surface area contributed by atoms with E-state index in [9.17, 15) is 4.79 Å². The van der Waals surface area contributed by atoms with Crippen molar-refractivity contribution in [3.63, 3.8) is 0 Å². The molecule has 0 saturated carbocycles. The zero-order valence-electron chi connectivity index (χ0n) is 26.7. The molecule has 0 bridgehead atoms. The Hall–Kier alpha value is -3.47. The number of hydrogen-bond acceptors (Lipinski definition) is 7. The Morgan fingerprint density at radius 2 is 1.89 bits per heavy atom. The third kappa shape index (κ3) is 7.73. The lowest BCUT2D eigenvalue weighted by molar-refractivity contribution is -0.113. The number of ether oxygens (including phenoxy) is 2. The number of halogens is 2. The minimum Gasteiger partial charge on any atom is -0.490 e. The lowest BCUT2D eigenvalue weighted by atomic mass is 9.94. The minimum atomic E-state index is -0.603. The Bertz CT molecular complexity index is 1760. The fourth-order valence-electron chi connectivity index (χ4n) is 5.37. The number of allylic oxidation sites excluding steroid dienone is 1. The molecule has 1 aromatic heterocycles. The van der Waals surface area contributed by atoms with Crippen LogP contribution in [0.15, 0.2) is 75.5 Å². The van der Waals surface area contributed by atoms with Crippen LogP contribution in [0.2, 0.25) is 5.02 Å². The van der Waals surface area contributed by atoms with Gasteiger partial charge in [-0.1, -0.05) is 79.0 Å². The average Bonchev–Trinajstić information content (AvgIpc) is 3.42. The molecule has 0 spiro atoms. The van der Waals surface area contributed by atoms with Crippen LogP contribution in [-0.2, 0) is 10.5 Å². The lowest BCUT2D eigenvalue weighted by Crippen LogP contribution is -2.31. The van der Waals surface area contributed by atoms with Gasteiger partial charge >= 0.3 is 0 Å². The van der Waals surface area contributed by atoms with Gasteiger partial charge in [0, 0.05) is 22.2 Å². The number of carbonyl (C=O) groups excluding carboxylic acids is 1. The molecule has 0 fully saturated rings. The van der Waals surface area contributed by atoms with Crippen LogP contribution in [0.1, 0.15) is 68.3 Å². The van der Waals surface area contributed by atoms with Crippen molar-refractivity contribution in [1.29, 1.82) is 0 Å². The Morgan fingerprint density at radius 3 is 2.63 bits per heavy atom. The van der Waals surface area contributed by atoms with E-state index in [1.54, 1.807) is 4.68 Å². The van der Waals surface area contributed by atoms with Crippen molar-refractivity contribution >= 4 is 56.8 Å². The second-order valence-corrected chi connectivity index (χ2v) is 13.4. The molecule has 0 aliphatic carbocycles. The summed E-state index contributed by atoms with van der Waals surface area (Å²) in [5, 5.41) is 12.7.